The Kier molecular flexibility index (Phi) is 5.55. The van der Waals surface area contributed by atoms with Gasteiger partial charge in [-0.05, 0) is 31.0 Å². The van der Waals surface area contributed by atoms with Gasteiger partial charge in [0.05, 0.1) is 5.60 Å². The summed E-state index contributed by atoms with van der Waals surface area (Å²) in [5, 5.41) is 8.70. The van der Waals surface area contributed by atoms with Crippen LogP contribution in [0.25, 0.3) is 0 Å². The van der Waals surface area contributed by atoms with Gasteiger partial charge in [0, 0.05) is 26.2 Å². The van der Waals surface area contributed by atoms with Gasteiger partial charge in [-0.25, -0.2) is 4.39 Å². The first-order chi connectivity index (χ1) is 8.09. The van der Waals surface area contributed by atoms with E-state index in [1.165, 1.54) is 12.1 Å². The largest absolute Gasteiger partial charge is 0.396 e. The van der Waals surface area contributed by atoms with Crippen LogP contribution in [0.3, 0.4) is 0 Å². The molecule has 1 rings (SSSR count). The smallest absolute Gasteiger partial charge is 0.123 e. The summed E-state index contributed by atoms with van der Waals surface area (Å²) in [5.74, 6) is -0.253. The van der Waals surface area contributed by atoms with Crippen molar-refractivity contribution in [2.24, 2.45) is 5.73 Å². The van der Waals surface area contributed by atoms with Crippen LogP contribution in [0, 0.1) is 5.82 Å². The highest BCUT2D eigenvalue weighted by Crippen LogP contribution is 2.17. The third kappa shape index (κ3) is 4.81. The van der Waals surface area contributed by atoms with Crippen LogP contribution in [0.15, 0.2) is 24.3 Å². The first-order valence-corrected chi connectivity index (χ1v) is 5.79. The lowest BCUT2D eigenvalue weighted by Crippen LogP contribution is -2.40. The van der Waals surface area contributed by atoms with Crippen LogP contribution in [0.2, 0.25) is 0 Å². The molecule has 0 saturated heterocycles. The van der Waals surface area contributed by atoms with Gasteiger partial charge in [-0.3, -0.25) is 0 Å². The molecule has 1 atom stereocenters. The van der Waals surface area contributed by atoms with Crippen LogP contribution in [-0.2, 0) is 11.2 Å². The van der Waals surface area contributed by atoms with E-state index >= 15 is 0 Å². The summed E-state index contributed by atoms with van der Waals surface area (Å²) in [4.78, 5) is 0. The van der Waals surface area contributed by atoms with E-state index in [1.807, 2.05) is 13.0 Å². The molecule has 96 valence electrons. The molecule has 0 heterocycles. The van der Waals surface area contributed by atoms with Gasteiger partial charge in [-0.2, -0.15) is 0 Å². The molecule has 1 aromatic rings. The molecule has 3 N–H and O–H groups in total. The van der Waals surface area contributed by atoms with Gasteiger partial charge in [0.25, 0.3) is 0 Å². The van der Waals surface area contributed by atoms with E-state index in [2.05, 4.69) is 0 Å². The van der Waals surface area contributed by atoms with Crippen molar-refractivity contribution in [2.45, 2.75) is 25.4 Å². The lowest BCUT2D eigenvalue weighted by Gasteiger charge is -2.28. The Bertz CT molecular complexity index is 346. The highest BCUT2D eigenvalue weighted by atomic mass is 19.1. The second kappa shape index (κ2) is 6.69. The molecule has 0 radical (unpaired) electrons. The predicted molar refractivity (Wildman–Crippen MR) is 65.2 cm³/mol. The molecular weight excluding hydrogens is 221 g/mol. The van der Waals surface area contributed by atoms with E-state index in [0.29, 0.717) is 26.0 Å². The summed E-state index contributed by atoms with van der Waals surface area (Å²) >= 11 is 0. The summed E-state index contributed by atoms with van der Waals surface area (Å²) in [6.07, 6.45) is 1.14. The molecule has 1 unspecified atom stereocenters. The third-order valence-corrected chi connectivity index (χ3v) is 2.65. The molecule has 0 aliphatic carbocycles. The number of aliphatic hydroxyl groups excluding tert-OH is 1. The Labute approximate surface area is 101 Å². The quantitative estimate of drug-likeness (QED) is 0.711. The third-order valence-electron chi connectivity index (χ3n) is 2.65. The highest BCUT2D eigenvalue weighted by molar-refractivity contribution is 5.18. The van der Waals surface area contributed by atoms with Crippen LogP contribution in [0.1, 0.15) is 18.9 Å². The van der Waals surface area contributed by atoms with E-state index in [9.17, 15) is 4.39 Å². The van der Waals surface area contributed by atoms with E-state index in [0.717, 1.165) is 5.56 Å². The summed E-state index contributed by atoms with van der Waals surface area (Å²) in [6.45, 7) is 2.81. The van der Waals surface area contributed by atoms with Crippen molar-refractivity contribution in [3.8, 4) is 0 Å². The second-order valence-electron chi connectivity index (χ2n) is 4.39. The van der Waals surface area contributed by atoms with Gasteiger partial charge in [-0.1, -0.05) is 12.1 Å². The van der Waals surface area contributed by atoms with Crippen LogP contribution in [0.4, 0.5) is 4.39 Å². The minimum atomic E-state index is -0.511. The number of halogens is 1. The van der Waals surface area contributed by atoms with Gasteiger partial charge in [-0.15, -0.1) is 0 Å². The van der Waals surface area contributed by atoms with Crippen LogP contribution in [-0.4, -0.2) is 30.5 Å². The summed E-state index contributed by atoms with van der Waals surface area (Å²) < 4.78 is 18.7. The number of nitrogens with two attached hydrogens (primary N) is 1. The lowest BCUT2D eigenvalue weighted by atomic mass is 9.96. The molecule has 1 aromatic carbocycles. The predicted octanol–water partition coefficient (Wildman–Crippen LogP) is 1.48. The zero-order chi connectivity index (χ0) is 12.7. The first kappa shape index (κ1) is 14.1. The molecule has 0 fully saturated rings. The van der Waals surface area contributed by atoms with E-state index in [1.54, 1.807) is 6.07 Å². The minimum absolute atomic E-state index is 0.0978. The van der Waals surface area contributed by atoms with Crippen molar-refractivity contribution < 1.29 is 14.2 Å². The van der Waals surface area contributed by atoms with Crippen molar-refractivity contribution in [1.82, 2.24) is 0 Å². The average Bonchev–Trinajstić information content (AvgIpc) is 2.29. The van der Waals surface area contributed by atoms with E-state index in [-0.39, 0.29) is 12.4 Å². The van der Waals surface area contributed by atoms with Crippen LogP contribution < -0.4 is 5.73 Å². The minimum Gasteiger partial charge on any atom is -0.396 e. The lowest BCUT2D eigenvalue weighted by molar-refractivity contribution is -0.0292. The zero-order valence-corrected chi connectivity index (χ0v) is 10.2. The molecule has 0 amide bonds. The molecule has 0 aliphatic heterocycles. The number of ether oxygens (including phenoxy) is 1. The summed E-state index contributed by atoms with van der Waals surface area (Å²) in [5.41, 5.74) is 6.05. The van der Waals surface area contributed by atoms with Crippen molar-refractivity contribution >= 4 is 0 Å². The highest BCUT2D eigenvalue weighted by Gasteiger charge is 2.23. The summed E-state index contributed by atoms with van der Waals surface area (Å²) in [7, 11) is 0. The number of benzene rings is 1. The Morgan fingerprint density at radius 2 is 2.24 bits per heavy atom. The molecule has 0 aromatic heterocycles. The molecule has 0 saturated carbocycles. The number of rotatable bonds is 7. The fourth-order valence-electron chi connectivity index (χ4n) is 1.64. The molecular formula is C13H20FNO2. The van der Waals surface area contributed by atoms with Crippen molar-refractivity contribution in [3.63, 3.8) is 0 Å². The second-order valence-corrected chi connectivity index (χ2v) is 4.39. The van der Waals surface area contributed by atoms with E-state index in [4.69, 9.17) is 15.6 Å². The number of aliphatic hydroxyl groups is 1. The van der Waals surface area contributed by atoms with Crippen molar-refractivity contribution in [1.29, 1.82) is 0 Å². The fraction of sp³-hybridized carbons (Fsp3) is 0.538. The Balaban J connectivity index is 2.61. The van der Waals surface area contributed by atoms with Crippen molar-refractivity contribution in [3.05, 3.63) is 35.6 Å². The van der Waals surface area contributed by atoms with Gasteiger partial charge >= 0.3 is 0 Å². The topological polar surface area (TPSA) is 55.5 Å². The Hall–Kier alpha value is -0.970. The SMILES string of the molecule is CC(CN)(Cc1cccc(F)c1)OCCCO. The molecule has 4 heteroatoms. The maximum absolute atomic E-state index is 13.0. The van der Waals surface area contributed by atoms with Gasteiger partial charge in [0.2, 0.25) is 0 Å². The molecule has 0 spiro atoms. The Morgan fingerprint density at radius 1 is 1.47 bits per heavy atom. The first-order valence-electron chi connectivity index (χ1n) is 5.79. The average molecular weight is 241 g/mol. The van der Waals surface area contributed by atoms with Crippen LogP contribution in [0.5, 0.6) is 0 Å². The number of hydrogen-bond donors (Lipinski definition) is 2. The van der Waals surface area contributed by atoms with Gasteiger partial charge < -0.3 is 15.6 Å². The van der Waals surface area contributed by atoms with E-state index < -0.39 is 5.60 Å². The van der Waals surface area contributed by atoms with Gasteiger partial charge in [0.1, 0.15) is 5.82 Å². The van der Waals surface area contributed by atoms with Gasteiger partial charge in [0.15, 0.2) is 0 Å². The number of hydrogen-bond acceptors (Lipinski definition) is 3. The maximum atomic E-state index is 13.0. The molecule has 3 nitrogen and oxygen atoms in total. The monoisotopic (exact) mass is 241 g/mol. The fourth-order valence-corrected chi connectivity index (χ4v) is 1.64. The maximum Gasteiger partial charge on any atom is 0.123 e. The molecule has 0 bridgehead atoms. The molecule has 0 aliphatic rings. The molecule has 17 heavy (non-hydrogen) atoms. The standard InChI is InChI=1S/C13H20FNO2/c1-13(10-15,17-7-3-6-16)9-11-4-2-5-12(14)8-11/h2,4-5,8,16H,3,6-7,9-10,15H2,1H3. The zero-order valence-electron chi connectivity index (χ0n) is 10.2. The van der Waals surface area contributed by atoms with Crippen LogP contribution >= 0.6 is 0 Å². The normalized spacial score (nSPS) is 14.6. The Morgan fingerprint density at radius 3 is 2.82 bits per heavy atom. The summed E-state index contributed by atoms with van der Waals surface area (Å²) in [6, 6.07) is 6.43. The van der Waals surface area contributed by atoms with Crippen molar-refractivity contribution in [2.75, 3.05) is 19.8 Å².